The maximum Gasteiger partial charge on any atom is 0.0941 e. The third-order valence-corrected chi connectivity index (χ3v) is 3.86. The monoisotopic (exact) mass is 210 g/mol. The Bertz CT molecular complexity index is 277. The number of rotatable bonds is 4. The summed E-state index contributed by atoms with van der Waals surface area (Å²) in [7, 11) is 1.99. The molecule has 1 saturated carbocycles. The van der Waals surface area contributed by atoms with E-state index in [1.165, 1.54) is 36.4 Å². The van der Waals surface area contributed by atoms with Crippen LogP contribution in [0.4, 0.5) is 0 Å². The number of nitrogens with one attached hydrogen (secondary N) is 1. The molecule has 0 atom stereocenters. The standard InChI is InChI=1S/C11H18N2S/c1-12-7-6-11-13-10(8-14-11)9-4-2-3-5-9/h8-9,12H,2-7H2,1H3. The molecule has 0 bridgehead atoms. The van der Waals surface area contributed by atoms with Crippen molar-refractivity contribution in [3.05, 3.63) is 16.1 Å². The second kappa shape index (κ2) is 4.89. The zero-order chi connectivity index (χ0) is 9.80. The van der Waals surface area contributed by atoms with Gasteiger partial charge in [-0.15, -0.1) is 11.3 Å². The van der Waals surface area contributed by atoms with E-state index in [0.717, 1.165) is 18.9 Å². The van der Waals surface area contributed by atoms with Crippen LogP contribution in [0.1, 0.15) is 42.3 Å². The van der Waals surface area contributed by atoms with Crippen molar-refractivity contribution in [3.63, 3.8) is 0 Å². The molecule has 1 fully saturated rings. The van der Waals surface area contributed by atoms with Crippen LogP contribution in [0.3, 0.4) is 0 Å². The molecule has 1 aromatic heterocycles. The molecule has 3 heteroatoms. The Morgan fingerprint density at radius 1 is 1.50 bits per heavy atom. The van der Waals surface area contributed by atoms with Crippen LogP contribution < -0.4 is 5.32 Å². The molecular weight excluding hydrogens is 192 g/mol. The molecule has 14 heavy (non-hydrogen) atoms. The van der Waals surface area contributed by atoms with Crippen LogP contribution in [0.25, 0.3) is 0 Å². The highest BCUT2D eigenvalue weighted by molar-refractivity contribution is 7.09. The lowest BCUT2D eigenvalue weighted by molar-refractivity contribution is 0.695. The van der Waals surface area contributed by atoms with Crippen molar-refractivity contribution in [2.45, 2.75) is 38.0 Å². The van der Waals surface area contributed by atoms with Gasteiger partial charge in [-0.25, -0.2) is 4.98 Å². The molecule has 1 heterocycles. The van der Waals surface area contributed by atoms with Crippen molar-refractivity contribution in [1.82, 2.24) is 10.3 Å². The fraction of sp³-hybridized carbons (Fsp3) is 0.727. The maximum atomic E-state index is 4.71. The number of nitrogens with zero attached hydrogens (tertiary/aromatic N) is 1. The molecule has 1 aromatic rings. The summed E-state index contributed by atoms with van der Waals surface area (Å²) in [5, 5.41) is 6.72. The summed E-state index contributed by atoms with van der Waals surface area (Å²) in [6, 6.07) is 0. The summed E-state index contributed by atoms with van der Waals surface area (Å²) in [5.41, 5.74) is 1.36. The van der Waals surface area contributed by atoms with Gasteiger partial charge in [-0.1, -0.05) is 12.8 Å². The lowest BCUT2D eigenvalue weighted by Crippen LogP contribution is -2.10. The van der Waals surface area contributed by atoms with E-state index in [4.69, 9.17) is 4.98 Å². The third-order valence-electron chi connectivity index (χ3n) is 2.93. The van der Waals surface area contributed by atoms with E-state index in [1.54, 1.807) is 0 Å². The van der Waals surface area contributed by atoms with Crippen molar-refractivity contribution in [1.29, 1.82) is 0 Å². The molecule has 1 aliphatic rings. The van der Waals surface area contributed by atoms with Crippen LogP contribution in [0.15, 0.2) is 5.38 Å². The molecule has 0 aromatic carbocycles. The van der Waals surface area contributed by atoms with Gasteiger partial charge in [-0.2, -0.15) is 0 Å². The molecule has 2 rings (SSSR count). The second-order valence-corrected chi connectivity index (χ2v) is 4.94. The first-order valence-electron chi connectivity index (χ1n) is 5.49. The van der Waals surface area contributed by atoms with Crippen LogP contribution in [0.5, 0.6) is 0 Å². The van der Waals surface area contributed by atoms with E-state index in [1.807, 2.05) is 18.4 Å². The predicted molar refractivity (Wildman–Crippen MR) is 61.0 cm³/mol. The average molecular weight is 210 g/mol. The highest BCUT2D eigenvalue weighted by atomic mass is 32.1. The van der Waals surface area contributed by atoms with Gasteiger partial charge in [0, 0.05) is 24.3 Å². The summed E-state index contributed by atoms with van der Waals surface area (Å²) in [5.74, 6) is 0.773. The molecular formula is C11H18N2S. The Balaban J connectivity index is 1.94. The molecule has 2 nitrogen and oxygen atoms in total. The van der Waals surface area contributed by atoms with Crippen LogP contribution in [0.2, 0.25) is 0 Å². The number of hydrogen-bond acceptors (Lipinski definition) is 3. The van der Waals surface area contributed by atoms with E-state index in [-0.39, 0.29) is 0 Å². The Kier molecular flexibility index (Phi) is 3.54. The lowest BCUT2D eigenvalue weighted by atomic mass is 10.1. The summed E-state index contributed by atoms with van der Waals surface area (Å²) in [6.07, 6.45) is 6.58. The molecule has 1 N–H and O–H groups in total. The second-order valence-electron chi connectivity index (χ2n) is 4.00. The summed E-state index contributed by atoms with van der Waals surface area (Å²) < 4.78 is 0. The first-order chi connectivity index (χ1) is 6.90. The van der Waals surface area contributed by atoms with Crippen molar-refractivity contribution < 1.29 is 0 Å². The smallest absolute Gasteiger partial charge is 0.0941 e. The molecule has 1 aliphatic carbocycles. The summed E-state index contributed by atoms with van der Waals surface area (Å²) >= 11 is 1.83. The Hall–Kier alpha value is -0.410. The molecule has 78 valence electrons. The van der Waals surface area contributed by atoms with E-state index in [2.05, 4.69) is 10.7 Å². The first-order valence-corrected chi connectivity index (χ1v) is 6.37. The van der Waals surface area contributed by atoms with Gasteiger partial charge in [-0.3, -0.25) is 0 Å². The predicted octanol–water partition coefficient (Wildman–Crippen LogP) is 2.56. The topological polar surface area (TPSA) is 24.9 Å². The Morgan fingerprint density at radius 2 is 2.29 bits per heavy atom. The first kappa shape index (κ1) is 10.1. The van der Waals surface area contributed by atoms with Gasteiger partial charge in [-0.05, 0) is 19.9 Å². The van der Waals surface area contributed by atoms with Gasteiger partial charge in [0.05, 0.1) is 10.7 Å². The number of aromatic nitrogens is 1. The number of likely N-dealkylation sites (N-methyl/N-ethyl adjacent to an activating group) is 1. The van der Waals surface area contributed by atoms with Crippen LogP contribution >= 0.6 is 11.3 Å². The molecule has 0 radical (unpaired) electrons. The van der Waals surface area contributed by atoms with Gasteiger partial charge >= 0.3 is 0 Å². The van der Waals surface area contributed by atoms with Gasteiger partial charge in [0.15, 0.2) is 0 Å². The fourth-order valence-corrected chi connectivity index (χ4v) is 2.96. The molecule has 0 spiro atoms. The van der Waals surface area contributed by atoms with Crippen molar-refractivity contribution in [2.24, 2.45) is 0 Å². The highest BCUT2D eigenvalue weighted by Crippen LogP contribution is 2.34. The fourth-order valence-electron chi connectivity index (χ4n) is 2.08. The molecule has 0 unspecified atom stereocenters. The SMILES string of the molecule is CNCCc1nc(C2CCCC2)cs1. The van der Waals surface area contributed by atoms with Gasteiger partial charge in [0.25, 0.3) is 0 Å². The lowest BCUT2D eigenvalue weighted by Gasteiger charge is -2.03. The van der Waals surface area contributed by atoms with Gasteiger partial charge in [0.1, 0.15) is 0 Å². The van der Waals surface area contributed by atoms with Crippen molar-refractivity contribution >= 4 is 11.3 Å². The minimum Gasteiger partial charge on any atom is -0.319 e. The van der Waals surface area contributed by atoms with E-state index in [0.29, 0.717) is 0 Å². The minimum atomic E-state index is 0.773. The quantitative estimate of drug-likeness (QED) is 0.826. The maximum absolute atomic E-state index is 4.71. The van der Waals surface area contributed by atoms with E-state index >= 15 is 0 Å². The zero-order valence-corrected chi connectivity index (χ0v) is 9.57. The van der Waals surface area contributed by atoms with Crippen LogP contribution in [0, 0.1) is 0 Å². The Morgan fingerprint density at radius 3 is 3.00 bits per heavy atom. The van der Waals surface area contributed by atoms with Gasteiger partial charge in [0.2, 0.25) is 0 Å². The van der Waals surface area contributed by atoms with E-state index < -0.39 is 0 Å². The van der Waals surface area contributed by atoms with Gasteiger partial charge < -0.3 is 5.32 Å². The number of hydrogen-bond donors (Lipinski definition) is 1. The Labute approximate surface area is 89.8 Å². The van der Waals surface area contributed by atoms with Crippen LogP contribution in [-0.4, -0.2) is 18.6 Å². The van der Waals surface area contributed by atoms with Crippen molar-refractivity contribution in [3.8, 4) is 0 Å². The summed E-state index contributed by atoms with van der Waals surface area (Å²) in [4.78, 5) is 4.71. The number of thiazole rings is 1. The van der Waals surface area contributed by atoms with Crippen LogP contribution in [-0.2, 0) is 6.42 Å². The highest BCUT2D eigenvalue weighted by Gasteiger charge is 2.19. The average Bonchev–Trinajstić information content (AvgIpc) is 2.85. The van der Waals surface area contributed by atoms with Crippen molar-refractivity contribution in [2.75, 3.05) is 13.6 Å². The molecule has 0 saturated heterocycles. The third kappa shape index (κ3) is 2.34. The van der Waals surface area contributed by atoms with E-state index in [9.17, 15) is 0 Å². The zero-order valence-electron chi connectivity index (χ0n) is 8.75. The normalized spacial score (nSPS) is 17.8. The molecule has 0 amide bonds. The largest absolute Gasteiger partial charge is 0.319 e. The molecule has 0 aliphatic heterocycles. The summed E-state index contributed by atoms with van der Waals surface area (Å²) in [6.45, 7) is 1.04. The minimum absolute atomic E-state index is 0.773.